The fourth-order valence-corrected chi connectivity index (χ4v) is 2.60. The minimum atomic E-state index is -0.381. The first-order valence-corrected chi connectivity index (χ1v) is 8.68. The van der Waals surface area contributed by atoms with Gasteiger partial charge in [0.25, 0.3) is 0 Å². The van der Waals surface area contributed by atoms with Gasteiger partial charge in [-0.3, -0.25) is 14.4 Å². The van der Waals surface area contributed by atoms with Gasteiger partial charge in [0.05, 0.1) is 13.7 Å². The van der Waals surface area contributed by atoms with Crippen LogP contribution in [0.15, 0.2) is 42.5 Å². The molecule has 8 nitrogen and oxygen atoms in total. The third-order valence-electron chi connectivity index (χ3n) is 4.09. The summed E-state index contributed by atoms with van der Waals surface area (Å²) in [5.74, 6) is 0.925. The number of benzene rings is 2. The molecule has 1 heterocycles. The SMILES string of the molecule is COc1ccc(C(=O)CCC(=O)NCC(=O)Nc2ccc3c(c2)OCO3)cc1. The summed E-state index contributed by atoms with van der Waals surface area (Å²) in [5, 5.41) is 5.16. The molecule has 8 heteroatoms. The van der Waals surface area contributed by atoms with Gasteiger partial charge in [0.2, 0.25) is 18.6 Å². The largest absolute Gasteiger partial charge is 0.497 e. The third-order valence-corrected chi connectivity index (χ3v) is 4.09. The normalized spacial score (nSPS) is 11.6. The number of ether oxygens (including phenoxy) is 3. The van der Waals surface area contributed by atoms with Gasteiger partial charge in [-0.25, -0.2) is 0 Å². The third kappa shape index (κ3) is 5.00. The number of methoxy groups -OCH3 is 1. The lowest BCUT2D eigenvalue weighted by Crippen LogP contribution is -2.33. The Labute approximate surface area is 161 Å². The van der Waals surface area contributed by atoms with E-state index in [0.717, 1.165) is 0 Å². The van der Waals surface area contributed by atoms with E-state index in [1.54, 1.807) is 49.6 Å². The zero-order valence-electron chi connectivity index (χ0n) is 15.3. The molecule has 0 bridgehead atoms. The summed E-state index contributed by atoms with van der Waals surface area (Å²) < 4.78 is 15.5. The van der Waals surface area contributed by atoms with Crippen molar-refractivity contribution in [2.75, 3.05) is 25.8 Å². The fourth-order valence-electron chi connectivity index (χ4n) is 2.60. The molecule has 2 aromatic carbocycles. The van der Waals surface area contributed by atoms with E-state index in [-0.39, 0.29) is 43.8 Å². The van der Waals surface area contributed by atoms with Crippen LogP contribution in [0.3, 0.4) is 0 Å². The second-order valence-corrected chi connectivity index (χ2v) is 6.04. The molecule has 146 valence electrons. The average molecular weight is 384 g/mol. The Hall–Kier alpha value is -3.55. The molecule has 0 fully saturated rings. The molecule has 1 aliphatic heterocycles. The van der Waals surface area contributed by atoms with Crippen molar-refractivity contribution in [2.24, 2.45) is 0 Å². The van der Waals surface area contributed by atoms with Gasteiger partial charge >= 0.3 is 0 Å². The van der Waals surface area contributed by atoms with Crippen molar-refractivity contribution in [1.82, 2.24) is 5.32 Å². The number of ketones is 1. The summed E-state index contributed by atoms with van der Waals surface area (Å²) in [6.45, 7) is -0.0396. The Morgan fingerprint density at radius 3 is 2.46 bits per heavy atom. The number of fused-ring (bicyclic) bond motifs is 1. The summed E-state index contributed by atoms with van der Waals surface area (Å²) in [6.07, 6.45) is 0.0596. The zero-order chi connectivity index (χ0) is 19.9. The number of rotatable bonds is 8. The van der Waals surface area contributed by atoms with E-state index in [9.17, 15) is 14.4 Å². The molecule has 2 aromatic rings. The molecule has 0 atom stereocenters. The van der Waals surface area contributed by atoms with Crippen LogP contribution in [0.5, 0.6) is 17.2 Å². The highest BCUT2D eigenvalue weighted by Crippen LogP contribution is 2.34. The number of carbonyl (C=O) groups excluding carboxylic acids is 3. The minimum absolute atomic E-state index is 0.00215. The maximum absolute atomic E-state index is 12.1. The summed E-state index contributed by atoms with van der Waals surface area (Å²) in [6, 6.07) is 11.7. The van der Waals surface area contributed by atoms with Gasteiger partial charge in [-0.2, -0.15) is 0 Å². The summed E-state index contributed by atoms with van der Waals surface area (Å²) in [5.41, 5.74) is 1.05. The Morgan fingerprint density at radius 1 is 0.964 bits per heavy atom. The highest BCUT2D eigenvalue weighted by molar-refractivity contribution is 5.99. The van der Waals surface area contributed by atoms with Crippen molar-refractivity contribution in [3.63, 3.8) is 0 Å². The van der Waals surface area contributed by atoms with Crippen molar-refractivity contribution in [3.8, 4) is 17.2 Å². The van der Waals surface area contributed by atoms with Gasteiger partial charge in [-0.15, -0.1) is 0 Å². The number of amides is 2. The number of nitrogens with one attached hydrogen (secondary N) is 2. The molecule has 0 saturated heterocycles. The maximum atomic E-state index is 12.1. The molecule has 0 spiro atoms. The number of Topliss-reactive ketones (excluding diaryl/α,β-unsaturated/α-hetero) is 1. The van der Waals surface area contributed by atoms with E-state index in [2.05, 4.69) is 10.6 Å². The van der Waals surface area contributed by atoms with Crippen LogP contribution in [0.1, 0.15) is 23.2 Å². The Kier molecular flexibility index (Phi) is 6.11. The van der Waals surface area contributed by atoms with Gasteiger partial charge in [0, 0.05) is 30.2 Å². The second kappa shape index (κ2) is 8.90. The maximum Gasteiger partial charge on any atom is 0.243 e. The van der Waals surface area contributed by atoms with Crippen LogP contribution in [-0.4, -0.2) is 38.0 Å². The number of hydrogen-bond donors (Lipinski definition) is 2. The summed E-state index contributed by atoms with van der Waals surface area (Å²) >= 11 is 0. The van der Waals surface area contributed by atoms with Crippen molar-refractivity contribution in [2.45, 2.75) is 12.8 Å². The molecular weight excluding hydrogens is 364 g/mol. The van der Waals surface area contributed by atoms with Gasteiger partial charge < -0.3 is 24.8 Å². The van der Waals surface area contributed by atoms with Crippen molar-refractivity contribution in [1.29, 1.82) is 0 Å². The predicted molar refractivity (Wildman–Crippen MR) is 101 cm³/mol. The first-order valence-electron chi connectivity index (χ1n) is 8.68. The first-order chi connectivity index (χ1) is 13.5. The lowest BCUT2D eigenvalue weighted by molar-refractivity contribution is -0.124. The quantitative estimate of drug-likeness (QED) is 0.676. The number of carbonyl (C=O) groups is 3. The molecule has 1 aliphatic rings. The lowest BCUT2D eigenvalue weighted by atomic mass is 10.1. The highest BCUT2D eigenvalue weighted by atomic mass is 16.7. The van der Waals surface area contributed by atoms with E-state index >= 15 is 0 Å². The predicted octanol–water partition coefficient (Wildman–Crippen LogP) is 2.14. The second-order valence-electron chi connectivity index (χ2n) is 6.04. The van der Waals surface area contributed by atoms with Crippen LogP contribution in [0, 0.1) is 0 Å². The van der Waals surface area contributed by atoms with Crippen LogP contribution in [0.2, 0.25) is 0 Å². The molecule has 0 radical (unpaired) electrons. The first kappa shape index (κ1) is 19.2. The Bertz CT molecular complexity index is 879. The van der Waals surface area contributed by atoms with Crippen LogP contribution in [-0.2, 0) is 9.59 Å². The van der Waals surface area contributed by atoms with Gasteiger partial charge in [0.1, 0.15) is 5.75 Å². The van der Waals surface area contributed by atoms with Crippen LogP contribution >= 0.6 is 0 Å². The van der Waals surface area contributed by atoms with Crippen molar-refractivity contribution >= 4 is 23.3 Å². The van der Waals surface area contributed by atoms with E-state index in [0.29, 0.717) is 28.5 Å². The van der Waals surface area contributed by atoms with E-state index in [1.807, 2.05) is 0 Å². The van der Waals surface area contributed by atoms with E-state index in [1.165, 1.54) is 0 Å². The van der Waals surface area contributed by atoms with Crippen molar-refractivity contribution < 1.29 is 28.6 Å². The van der Waals surface area contributed by atoms with Crippen LogP contribution in [0.4, 0.5) is 5.69 Å². The molecule has 0 saturated carbocycles. The Balaban J connectivity index is 1.39. The average Bonchev–Trinajstić information content (AvgIpc) is 3.18. The highest BCUT2D eigenvalue weighted by Gasteiger charge is 2.15. The Morgan fingerprint density at radius 2 is 1.71 bits per heavy atom. The molecule has 2 N–H and O–H groups in total. The lowest BCUT2D eigenvalue weighted by Gasteiger charge is -2.08. The number of anilines is 1. The monoisotopic (exact) mass is 384 g/mol. The van der Waals surface area contributed by atoms with Crippen molar-refractivity contribution in [3.05, 3.63) is 48.0 Å². The van der Waals surface area contributed by atoms with E-state index in [4.69, 9.17) is 14.2 Å². The summed E-state index contributed by atoms with van der Waals surface area (Å²) in [4.78, 5) is 35.9. The topological polar surface area (TPSA) is 103 Å². The van der Waals surface area contributed by atoms with Gasteiger partial charge in [0.15, 0.2) is 17.3 Å². The minimum Gasteiger partial charge on any atom is -0.497 e. The van der Waals surface area contributed by atoms with E-state index < -0.39 is 0 Å². The van der Waals surface area contributed by atoms with Gasteiger partial charge in [-0.1, -0.05) is 0 Å². The van der Waals surface area contributed by atoms with Crippen LogP contribution in [0.25, 0.3) is 0 Å². The fraction of sp³-hybridized carbons (Fsp3) is 0.250. The number of hydrogen-bond acceptors (Lipinski definition) is 6. The van der Waals surface area contributed by atoms with Crippen LogP contribution < -0.4 is 24.8 Å². The summed E-state index contributed by atoms with van der Waals surface area (Å²) in [7, 11) is 1.55. The molecule has 0 aromatic heterocycles. The molecule has 0 aliphatic carbocycles. The zero-order valence-corrected chi connectivity index (χ0v) is 15.3. The molecule has 3 rings (SSSR count). The molecule has 28 heavy (non-hydrogen) atoms. The molecule has 2 amide bonds. The molecule has 0 unspecified atom stereocenters. The molecular formula is C20H20N2O6. The standard InChI is InChI=1S/C20H20N2O6/c1-26-15-5-2-13(3-6-15)16(23)7-9-19(24)21-11-20(25)22-14-4-8-17-18(10-14)28-12-27-17/h2-6,8,10H,7,9,11-12H2,1H3,(H,21,24)(H,22,25). The smallest absolute Gasteiger partial charge is 0.243 e. The van der Waals surface area contributed by atoms with Gasteiger partial charge in [-0.05, 0) is 36.4 Å².